The number of Topliss-reactive ketones (excluding diaryl/α,β-unsaturated/α-hetero) is 1. The van der Waals surface area contributed by atoms with Crippen molar-refractivity contribution in [3.63, 3.8) is 0 Å². The van der Waals surface area contributed by atoms with Gasteiger partial charge in [0.25, 0.3) is 0 Å². The van der Waals surface area contributed by atoms with Gasteiger partial charge < -0.3 is 4.74 Å². The van der Waals surface area contributed by atoms with Gasteiger partial charge in [0.2, 0.25) is 0 Å². The maximum atomic E-state index is 10.7. The van der Waals surface area contributed by atoms with Gasteiger partial charge in [-0.2, -0.15) is 0 Å². The number of hydrogen-bond acceptors (Lipinski definition) is 3. The van der Waals surface area contributed by atoms with E-state index in [4.69, 9.17) is 11.6 Å². The summed E-state index contributed by atoms with van der Waals surface area (Å²) in [7, 11) is 0. The van der Waals surface area contributed by atoms with Gasteiger partial charge in [0.05, 0.1) is 6.61 Å². The van der Waals surface area contributed by atoms with Crippen molar-refractivity contribution in [2.45, 2.75) is 25.6 Å². The molecule has 1 atom stereocenters. The first-order valence-corrected chi connectivity index (χ1v) is 3.78. The summed E-state index contributed by atoms with van der Waals surface area (Å²) < 4.78 is 4.62. The second-order valence-electron chi connectivity index (χ2n) is 2.24. The molecule has 0 fully saturated rings. The molecule has 0 aromatic carbocycles. The summed E-state index contributed by atoms with van der Waals surface area (Å²) in [5.41, 5.74) is 0. The molecule has 0 aliphatic rings. The predicted octanol–water partition coefficient (Wildman–Crippen LogP) is 1.14. The molecule has 0 aliphatic heterocycles. The Bertz CT molecular complexity index is 154. The molecule has 0 aromatic heterocycles. The normalized spacial score (nSPS) is 12.3. The molecule has 0 radical (unpaired) electrons. The molecular weight excluding hydrogens is 168 g/mol. The van der Waals surface area contributed by atoms with Gasteiger partial charge in [-0.1, -0.05) is 0 Å². The van der Waals surface area contributed by atoms with Crippen LogP contribution in [0.15, 0.2) is 0 Å². The summed E-state index contributed by atoms with van der Waals surface area (Å²) in [5, 5.41) is -0.637. The first-order chi connectivity index (χ1) is 5.04. The van der Waals surface area contributed by atoms with Gasteiger partial charge in [0, 0.05) is 6.42 Å². The lowest BCUT2D eigenvalue weighted by Crippen LogP contribution is -2.15. The summed E-state index contributed by atoms with van der Waals surface area (Å²) in [6.45, 7) is 3.10. The van der Waals surface area contributed by atoms with E-state index in [1.807, 2.05) is 0 Å². The number of halogens is 1. The molecule has 0 rings (SSSR count). The third kappa shape index (κ3) is 5.85. The molecule has 3 nitrogen and oxygen atoms in total. The molecule has 0 N–H and O–H groups in total. The quantitative estimate of drug-likeness (QED) is 0.479. The fourth-order valence-electron chi connectivity index (χ4n) is 0.410. The molecule has 4 heteroatoms. The highest BCUT2D eigenvalue weighted by atomic mass is 35.5. The molecule has 0 saturated heterocycles. The maximum Gasteiger partial charge on any atom is 0.323 e. The van der Waals surface area contributed by atoms with Crippen LogP contribution < -0.4 is 0 Å². The van der Waals surface area contributed by atoms with Crippen LogP contribution in [-0.2, 0) is 14.3 Å². The van der Waals surface area contributed by atoms with Crippen LogP contribution in [0.3, 0.4) is 0 Å². The minimum absolute atomic E-state index is 0.0000236. The number of carbonyl (C=O) groups is 2. The van der Waals surface area contributed by atoms with Crippen molar-refractivity contribution in [2.75, 3.05) is 6.61 Å². The molecule has 64 valence electrons. The maximum absolute atomic E-state index is 10.7. The van der Waals surface area contributed by atoms with Crippen molar-refractivity contribution in [1.82, 2.24) is 0 Å². The number of rotatable bonds is 4. The smallest absolute Gasteiger partial charge is 0.323 e. The highest BCUT2D eigenvalue weighted by Gasteiger charge is 2.09. The van der Waals surface area contributed by atoms with E-state index < -0.39 is 11.3 Å². The number of alkyl halides is 1. The van der Waals surface area contributed by atoms with Crippen LogP contribution in [0.4, 0.5) is 0 Å². The van der Waals surface area contributed by atoms with Gasteiger partial charge >= 0.3 is 5.97 Å². The lowest BCUT2D eigenvalue weighted by Gasteiger charge is -2.03. The van der Waals surface area contributed by atoms with Crippen LogP contribution in [0.5, 0.6) is 0 Å². The standard InChI is InChI=1S/C7H11ClO3/c1-5(9)3-4-11-7(10)6(2)8/h6H,3-4H2,1-2H3. The van der Waals surface area contributed by atoms with Gasteiger partial charge in [0.1, 0.15) is 11.2 Å². The molecule has 0 bridgehead atoms. The van der Waals surface area contributed by atoms with Crippen LogP contribution in [0.1, 0.15) is 20.3 Å². The minimum atomic E-state index is -0.637. The summed E-state index contributed by atoms with van der Waals surface area (Å²) in [6, 6.07) is 0. The van der Waals surface area contributed by atoms with Gasteiger partial charge in [0.15, 0.2) is 0 Å². The first kappa shape index (κ1) is 10.4. The summed E-state index contributed by atoms with van der Waals surface area (Å²) >= 11 is 5.38. The molecule has 0 amide bonds. The van der Waals surface area contributed by atoms with Crippen molar-refractivity contribution in [3.05, 3.63) is 0 Å². The molecule has 11 heavy (non-hydrogen) atoms. The first-order valence-electron chi connectivity index (χ1n) is 3.34. The van der Waals surface area contributed by atoms with Gasteiger partial charge in [-0.25, -0.2) is 0 Å². The van der Waals surface area contributed by atoms with E-state index in [-0.39, 0.29) is 18.8 Å². The monoisotopic (exact) mass is 178 g/mol. The lowest BCUT2D eigenvalue weighted by molar-refractivity contribution is -0.143. The second kappa shape index (κ2) is 5.13. The van der Waals surface area contributed by atoms with E-state index >= 15 is 0 Å². The van der Waals surface area contributed by atoms with Crippen molar-refractivity contribution in [2.24, 2.45) is 0 Å². The van der Waals surface area contributed by atoms with E-state index in [1.165, 1.54) is 13.8 Å². The molecule has 0 aromatic rings. The SMILES string of the molecule is CC(=O)CCOC(=O)C(C)Cl. The molecule has 0 saturated carbocycles. The Hall–Kier alpha value is -0.570. The Labute approximate surface area is 70.7 Å². The summed E-state index contributed by atoms with van der Waals surface area (Å²) in [5.74, 6) is -0.479. The Balaban J connectivity index is 3.39. The molecular formula is C7H11ClO3. The largest absolute Gasteiger partial charge is 0.464 e. The van der Waals surface area contributed by atoms with E-state index in [9.17, 15) is 9.59 Å². The lowest BCUT2D eigenvalue weighted by atomic mass is 10.3. The van der Waals surface area contributed by atoms with Crippen LogP contribution in [0, 0.1) is 0 Å². The van der Waals surface area contributed by atoms with Crippen LogP contribution in [0.2, 0.25) is 0 Å². The van der Waals surface area contributed by atoms with E-state index in [0.29, 0.717) is 0 Å². The molecule has 1 unspecified atom stereocenters. The summed E-state index contributed by atoms with van der Waals surface area (Å²) in [6.07, 6.45) is 0.259. The van der Waals surface area contributed by atoms with Crippen molar-refractivity contribution in [3.8, 4) is 0 Å². The molecule has 0 aliphatic carbocycles. The van der Waals surface area contributed by atoms with Gasteiger partial charge in [-0.3, -0.25) is 9.59 Å². The number of ether oxygens (including phenoxy) is 1. The third-order valence-electron chi connectivity index (χ3n) is 1.02. The van der Waals surface area contributed by atoms with Crippen molar-refractivity contribution < 1.29 is 14.3 Å². The summed E-state index contributed by atoms with van der Waals surface area (Å²) in [4.78, 5) is 21.0. The Morgan fingerprint density at radius 2 is 2.09 bits per heavy atom. The average Bonchev–Trinajstić information content (AvgIpc) is 1.86. The highest BCUT2D eigenvalue weighted by Crippen LogP contribution is 1.97. The van der Waals surface area contributed by atoms with Gasteiger partial charge in [-0.15, -0.1) is 11.6 Å². The Morgan fingerprint density at radius 3 is 2.45 bits per heavy atom. The fraction of sp³-hybridized carbons (Fsp3) is 0.714. The number of esters is 1. The third-order valence-corrected chi connectivity index (χ3v) is 1.20. The van der Waals surface area contributed by atoms with Crippen LogP contribution in [-0.4, -0.2) is 23.7 Å². The van der Waals surface area contributed by atoms with Gasteiger partial charge in [-0.05, 0) is 13.8 Å². The van der Waals surface area contributed by atoms with Crippen LogP contribution in [0.25, 0.3) is 0 Å². The topological polar surface area (TPSA) is 43.4 Å². The zero-order chi connectivity index (χ0) is 8.85. The molecule has 0 heterocycles. The van der Waals surface area contributed by atoms with E-state index in [0.717, 1.165) is 0 Å². The minimum Gasteiger partial charge on any atom is -0.464 e. The molecule has 0 spiro atoms. The van der Waals surface area contributed by atoms with E-state index in [2.05, 4.69) is 4.74 Å². The fourth-order valence-corrected chi connectivity index (χ4v) is 0.473. The zero-order valence-electron chi connectivity index (χ0n) is 6.59. The Morgan fingerprint density at radius 1 is 1.55 bits per heavy atom. The van der Waals surface area contributed by atoms with Crippen molar-refractivity contribution in [1.29, 1.82) is 0 Å². The highest BCUT2D eigenvalue weighted by molar-refractivity contribution is 6.29. The van der Waals surface area contributed by atoms with Crippen molar-refractivity contribution >= 4 is 23.4 Å². The predicted molar refractivity (Wildman–Crippen MR) is 41.6 cm³/mol. The zero-order valence-corrected chi connectivity index (χ0v) is 7.35. The Kier molecular flexibility index (Phi) is 4.86. The second-order valence-corrected chi connectivity index (χ2v) is 2.89. The number of carbonyl (C=O) groups excluding carboxylic acids is 2. The van der Waals surface area contributed by atoms with E-state index in [1.54, 1.807) is 0 Å². The van der Waals surface area contributed by atoms with Crippen LogP contribution >= 0.6 is 11.6 Å². The number of ketones is 1. The number of hydrogen-bond donors (Lipinski definition) is 0. The average molecular weight is 179 g/mol.